The van der Waals surface area contributed by atoms with Crippen LogP contribution in [0.15, 0.2) is 48.5 Å². The zero-order chi connectivity index (χ0) is 15.5. The minimum absolute atomic E-state index is 0.126. The Morgan fingerprint density at radius 3 is 2.64 bits per heavy atom. The fraction of sp³-hybridized carbons (Fsp3) is 0.316. The van der Waals surface area contributed by atoms with Gasteiger partial charge in [0.15, 0.2) is 0 Å². The molecule has 0 N–H and O–H groups in total. The van der Waals surface area contributed by atoms with E-state index < -0.39 is 0 Å². The van der Waals surface area contributed by atoms with E-state index in [4.69, 9.17) is 0 Å². The van der Waals surface area contributed by atoms with Crippen LogP contribution >= 0.6 is 0 Å². The van der Waals surface area contributed by atoms with Crippen molar-refractivity contribution in [2.75, 3.05) is 0 Å². The van der Waals surface area contributed by atoms with E-state index in [2.05, 4.69) is 0 Å². The molecule has 2 nitrogen and oxygen atoms in total. The molecule has 3 heteroatoms. The van der Waals surface area contributed by atoms with E-state index in [1.807, 2.05) is 42.2 Å². The van der Waals surface area contributed by atoms with Crippen molar-refractivity contribution < 1.29 is 9.18 Å². The second-order valence-electron chi connectivity index (χ2n) is 5.99. The van der Waals surface area contributed by atoms with Crippen molar-refractivity contribution in [2.45, 2.75) is 38.8 Å². The molecule has 0 heterocycles. The van der Waals surface area contributed by atoms with Crippen molar-refractivity contribution in [1.29, 1.82) is 0 Å². The second-order valence-corrected chi connectivity index (χ2v) is 5.99. The molecular formula is C19H20FNO. The number of amides is 1. The van der Waals surface area contributed by atoms with Crippen molar-refractivity contribution in [3.63, 3.8) is 0 Å². The number of aryl methyl sites for hydroxylation is 1. The first kappa shape index (κ1) is 14.8. The number of carbonyl (C=O) groups excluding carboxylic acids is 1. The molecule has 1 amide bonds. The van der Waals surface area contributed by atoms with Gasteiger partial charge < -0.3 is 4.90 Å². The van der Waals surface area contributed by atoms with Crippen LogP contribution in [-0.2, 0) is 17.8 Å². The number of rotatable bonds is 5. The third kappa shape index (κ3) is 3.53. The van der Waals surface area contributed by atoms with Gasteiger partial charge in [-0.1, -0.05) is 36.4 Å². The number of benzene rings is 2. The van der Waals surface area contributed by atoms with E-state index in [1.165, 1.54) is 12.1 Å². The van der Waals surface area contributed by atoms with Crippen LogP contribution < -0.4 is 0 Å². The smallest absolute Gasteiger partial charge is 0.227 e. The Kier molecular flexibility index (Phi) is 4.23. The molecule has 0 aromatic heterocycles. The SMILES string of the molecule is Cc1ccccc1CC(=O)N(Cc1cccc(F)c1)C1CC1. The van der Waals surface area contributed by atoms with Crippen molar-refractivity contribution in [1.82, 2.24) is 4.90 Å². The van der Waals surface area contributed by atoms with E-state index in [0.29, 0.717) is 19.0 Å². The maximum atomic E-state index is 13.3. The molecule has 1 saturated carbocycles. The summed E-state index contributed by atoms with van der Waals surface area (Å²) in [6.45, 7) is 2.52. The summed E-state index contributed by atoms with van der Waals surface area (Å²) in [6.07, 6.45) is 2.52. The molecule has 0 unspecified atom stereocenters. The summed E-state index contributed by atoms with van der Waals surface area (Å²) in [5.74, 6) is -0.124. The van der Waals surface area contributed by atoms with Gasteiger partial charge in [-0.2, -0.15) is 0 Å². The number of nitrogens with zero attached hydrogens (tertiary/aromatic N) is 1. The Hall–Kier alpha value is -2.16. The van der Waals surface area contributed by atoms with Gasteiger partial charge >= 0.3 is 0 Å². The molecule has 2 aromatic carbocycles. The predicted octanol–water partition coefficient (Wildman–Crippen LogP) is 3.87. The second kappa shape index (κ2) is 6.30. The summed E-state index contributed by atoms with van der Waals surface area (Å²) < 4.78 is 13.3. The summed E-state index contributed by atoms with van der Waals surface area (Å²) in [4.78, 5) is 14.6. The molecular weight excluding hydrogens is 277 g/mol. The van der Waals surface area contributed by atoms with Gasteiger partial charge in [0.2, 0.25) is 5.91 Å². The summed E-state index contributed by atoms with van der Waals surface area (Å²) >= 11 is 0. The summed E-state index contributed by atoms with van der Waals surface area (Å²) in [7, 11) is 0. The lowest BCUT2D eigenvalue weighted by Crippen LogP contribution is -2.34. The van der Waals surface area contributed by atoms with E-state index in [-0.39, 0.29) is 11.7 Å². The van der Waals surface area contributed by atoms with Crippen LogP contribution in [0.4, 0.5) is 4.39 Å². The average Bonchev–Trinajstić information content (AvgIpc) is 3.32. The van der Waals surface area contributed by atoms with Gasteiger partial charge in [-0.15, -0.1) is 0 Å². The molecule has 0 atom stereocenters. The highest BCUT2D eigenvalue weighted by Gasteiger charge is 2.32. The molecule has 0 bridgehead atoms. The number of halogens is 1. The van der Waals surface area contributed by atoms with Crippen molar-refractivity contribution in [3.8, 4) is 0 Å². The third-order valence-corrected chi connectivity index (χ3v) is 4.15. The molecule has 1 aliphatic carbocycles. The first-order valence-corrected chi connectivity index (χ1v) is 7.72. The summed E-state index contributed by atoms with van der Waals surface area (Å²) in [5, 5.41) is 0. The van der Waals surface area contributed by atoms with E-state index in [0.717, 1.165) is 29.5 Å². The Balaban J connectivity index is 1.74. The number of carbonyl (C=O) groups is 1. The number of hydrogen-bond acceptors (Lipinski definition) is 1. The molecule has 0 spiro atoms. The minimum Gasteiger partial charge on any atom is -0.335 e. The highest BCUT2D eigenvalue weighted by molar-refractivity contribution is 5.79. The quantitative estimate of drug-likeness (QED) is 0.820. The van der Waals surface area contributed by atoms with Gasteiger partial charge in [0.1, 0.15) is 5.82 Å². The van der Waals surface area contributed by atoms with Gasteiger partial charge in [-0.05, 0) is 48.6 Å². The molecule has 2 aromatic rings. The van der Waals surface area contributed by atoms with E-state index in [9.17, 15) is 9.18 Å². The van der Waals surface area contributed by atoms with Crippen molar-refractivity contribution in [2.24, 2.45) is 0 Å². The van der Waals surface area contributed by atoms with Gasteiger partial charge in [0, 0.05) is 12.6 Å². The molecule has 0 saturated heterocycles. The Bertz CT molecular complexity index is 679. The van der Waals surface area contributed by atoms with Gasteiger partial charge in [-0.3, -0.25) is 4.79 Å². The van der Waals surface area contributed by atoms with E-state index in [1.54, 1.807) is 6.07 Å². The van der Waals surface area contributed by atoms with Crippen molar-refractivity contribution >= 4 is 5.91 Å². The monoisotopic (exact) mass is 297 g/mol. The van der Waals surface area contributed by atoms with Crippen LogP contribution in [0.3, 0.4) is 0 Å². The Labute approximate surface area is 130 Å². The predicted molar refractivity (Wildman–Crippen MR) is 84.9 cm³/mol. The first-order valence-electron chi connectivity index (χ1n) is 7.72. The van der Waals surface area contributed by atoms with Gasteiger partial charge in [-0.25, -0.2) is 4.39 Å². The summed E-state index contributed by atoms with van der Waals surface area (Å²) in [6, 6.07) is 14.8. The standard InChI is InChI=1S/C19H20FNO/c1-14-5-2-3-7-16(14)12-19(22)21(18-9-10-18)13-15-6-4-8-17(20)11-15/h2-8,11,18H,9-10,12-13H2,1H3. The van der Waals surface area contributed by atoms with Crippen LogP contribution in [0.2, 0.25) is 0 Å². The highest BCUT2D eigenvalue weighted by Crippen LogP contribution is 2.29. The molecule has 0 radical (unpaired) electrons. The van der Waals surface area contributed by atoms with Crippen molar-refractivity contribution in [3.05, 3.63) is 71.0 Å². The lowest BCUT2D eigenvalue weighted by atomic mass is 10.0. The zero-order valence-corrected chi connectivity index (χ0v) is 12.8. The van der Waals surface area contributed by atoms with Gasteiger partial charge in [0.05, 0.1) is 6.42 Å². The minimum atomic E-state index is -0.250. The lowest BCUT2D eigenvalue weighted by Gasteiger charge is -2.23. The van der Waals surface area contributed by atoms with Crippen LogP contribution in [0.25, 0.3) is 0 Å². The van der Waals surface area contributed by atoms with E-state index >= 15 is 0 Å². The molecule has 1 fully saturated rings. The zero-order valence-electron chi connectivity index (χ0n) is 12.8. The normalized spacial score (nSPS) is 13.9. The molecule has 22 heavy (non-hydrogen) atoms. The third-order valence-electron chi connectivity index (χ3n) is 4.15. The Morgan fingerprint density at radius 1 is 1.18 bits per heavy atom. The molecule has 1 aliphatic rings. The molecule has 3 rings (SSSR count). The number of hydrogen-bond donors (Lipinski definition) is 0. The van der Waals surface area contributed by atoms with Crippen LogP contribution in [0, 0.1) is 12.7 Å². The van der Waals surface area contributed by atoms with Crippen LogP contribution in [-0.4, -0.2) is 16.8 Å². The largest absolute Gasteiger partial charge is 0.335 e. The fourth-order valence-electron chi connectivity index (χ4n) is 2.71. The molecule has 0 aliphatic heterocycles. The van der Waals surface area contributed by atoms with Crippen LogP contribution in [0.5, 0.6) is 0 Å². The fourth-order valence-corrected chi connectivity index (χ4v) is 2.71. The maximum absolute atomic E-state index is 13.3. The highest BCUT2D eigenvalue weighted by atomic mass is 19.1. The molecule has 114 valence electrons. The first-order chi connectivity index (χ1) is 10.6. The Morgan fingerprint density at radius 2 is 1.95 bits per heavy atom. The average molecular weight is 297 g/mol. The summed E-state index contributed by atoms with van der Waals surface area (Å²) in [5.41, 5.74) is 3.06. The van der Waals surface area contributed by atoms with Gasteiger partial charge in [0.25, 0.3) is 0 Å². The maximum Gasteiger partial charge on any atom is 0.227 e. The lowest BCUT2D eigenvalue weighted by molar-refractivity contribution is -0.131. The topological polar surface area (TPSA) is 20.3 Å². The van der Waals surface area contributed by atoms with Crippen LogP contribution in [0.1, 0.15) is 29.5 Å².